The van der Waals surface area contributed by atoms with Crippen LogP contribution in [0.1, 0.15) is 23.1 Å². The Kier molecular flexibility index (Phi) is 6.63. The SMILES string of the molecule is CCOP(=O)(OCC)C(I)c1ccc(OC)cc1. The number of halogens is 1. The summed E-state index contributed by atoms with van der Waals surface area (Å²) >= 11 is 2.10. The van der Waals surface area contributed by atoms with Gasteiger partial charge in [-0.25, -0.2) is 0 Å². The Morgan fingerprint density at radius 3 is 2.06 bits per heavy atom. The molecule has 0 aliphatic carbocycles. The van der Waals surface area contributed by atoms with Gasteiger partial charge in [-0.05, 0) is 31.5 Å². The summed E-state index contributed by atoms with van der Waals surface area (Å²) in [5, 5.41) is 0. The molecule has 0 saturated carbocycles. The zero-order valence-corrected chi connectivity index (χ0v) is 13.8. The van der Waals surface area contributed by atoms with Crippen LogP contribution in [0, 0.1) is 0 Å². The van der Waals surface area contributed by atoms with Crippen molar-refractivity contribution in [1.29, 1.82) is 0 Å². The van der Waals surface area contributed by atoms with Gasteiger partial charge in [0.15, 0.2) is 0 Å². The summed E-state index contributed by atoms with van der Waals surface area (Å²) < 4.78 is 28.0. The summed E-state index contributed by atoms with van der Waals surface area (Å²) in [6.45, 7) is 4.35. The fourth-order valence-corrected chi connectivity index (χ4v) is 4.45. The predicted octanol–water partition coefficient (Wildman–Crippen LogP) is 4.39. The average molecular weight is 384 g/mol. The molecular weight excluding hydrogens is 366 g/mol. The molecule has 0 N–H and O–H groups in total. The average Bonchev–Trinajstić information content (AvgIpc) is 2.38. The highest BCUT2D eigenvalue weighted by molar-refractivity contribution is 14.1. The van der Waals surface area contributed by atoms with Gasteiger partial charge in [0.1, 0.15) is 9.42 Å². The van der Waals surface area contributed by atoms with Gasteiger partial charge in [-0.2, -0.15) is 0 Å². The van der Waals surface area contributed by atoms with E-state index in [1.54, 1.807) is 7.11 Å². The van der Waals surface area contributed by atoms with E-state index in [2.05, 4.69) is 22.6 Å². The van der Waals surface area contributed by atoms with Crippen molar-refractivity contribution in [2.24, 2.45) is 0 Å². The molecule has 1 unspecified atom stereocenters. The van der Waals surface area contributed by atoms with Gasteiger partial charge in [0.25, 0.3) is 0 Å². The molecule has 1 atom stereocenters. The topological polar surface area (TPSA) is 44.8 Å². The zero-order chi connectivity index (χ0) is 13.6. The molecule has 1 aromatic carbocycles. The van der Waals surface area contributed by atoms with Crippen molar-refractivity contribution in [2.75, 3.05) is 20.3 Å². The molecule has 0 radical (unpaired) electrons. The molecule has 18 heavy (non-hydrogen) atoms. The van der Waals surface area contributed by atoms with Gasteiger partial charge in [0.2, 0.25) is 0 Å². The minimum atomic E-state index is -3.11. The third kappa shape index (κ3) is 3.95. The van der Waals surface area contributed by atoms with Crippen molar-refractivity contribution in [3.8, 4) is 5.75 Å². The molecule has 0 fully saturated rings. The van der Waals surface area contributed by atoms with Gasteiger partial charge in [0, 0.05) is 0 Å². The lowest BCUT2D eigenvalue weighted by Crippen LogP contribution is -2.01. The monoisotopic (exact) mass is 384 g/mol. The van der Waals surface area contributed by atoms with Gasteiger partial charge >= 0.3 is 7.60 Å². The molecular formula is C12H18IO4P. The molecule has 0 aliphatic heterocycles. The van der Waals surface area contributed by atoms with E-state index in [1.165, 1.54) is 0 Å². The maximum absolute atomic E-state index is 12.6. The predicted molar refractivity (Wildman–Crippen MR) is 80.6 cm³/mol. The Morgan fingerprint density at radius 1 is 1.17 bits per heavy atom. The molecule has 0 heterocycles. The lowest BCUT2D eigenvalue weighted by molar-refractivity contribution is 0.219. The highest BCUT2D eigenvalue weighted by atomic mass is 127. The number of methoxy groups -OCH3 is 1. The van der Waals surface area contributed by atoms with E-state index in [4.69, 9.17) is 13.8 Å². The summed E-state index contributed by atoms with van der Waals surface area (Å²) in [6, 6.07) is 7.42. The first-order chi connectivity index (χ1) is 8.57. The molecule has 0 amide bonds. The standard InChI is InChI=1S/C12H18IO4P/c1-4-16-18(14,17-5-2)12(13)10-6-8-11(15-3)9-7-10/h6-9,12H,4-5H2,1-3H3. The van der Waals surface area contributed by atoms with Crippen LogP contribution in [0.25, 0.3) is 0 Å². The highest BCUT2D eigenvalue weighted by Crippen LogP contribution is 2.64. The van der Waals surface area contributed by atoms with Gasteiger partial charge in [-0.3, -0.25) is 4.57 Å². The minimum Gasteiger partial charge on any atom is -0.497 e. The fraction of sp³-hybridized carbons (Fsp3) is 0.500. The van der Waals surface area contributed by atoms with Crippen molar-refractivity contribution in [3.63, 3.8) is 0 Å². The third-order valence-electron chi connectivity index (χ3n) is 2.29. The first-order valence-corrected chi connectivity index (χ1v) is 8.60. The number of rotatable bonds is 7. The Labute approximate surface area is 122 Å². The van der Waals surface area contributed by atoms with Gasteiger partial charge in [0.05, 0.1) is 20.3 Å². The van der Waals surface area contributed by atoms with E-state index < -0.39 is 7.60 Å². The first kappa shape index (κ1) is 16.0. The Morgan fingerprint density at radius 2 is 1.67 bits per heavy atom. The van der Waals surface area contributed by atoms with E-state index in [0.717, 1.165) is 11.3 Å². The number of hydrogen-bond acceptors (Lipinski definition) is 4. The fourth-order valence-electron chi connectivity index (χ4n) is 1.47. The second-order valence-electron chi connectivity index (χ2n) is 3.48. The molecule has 1 aromatic rings. The molecule has 0 aromatic heterocycles. The van der Waals surface area contributed by atoms with Crippen LogP contribution in [0.5, 0.6) is 5.75 Å². The Hall–Kier alpha value is -0.100. The summed E-state index contributed by atoms with van der Waals surface area (Å²) in [7, 11) is -1.50. The highest BCUT2D eigenvalue weighted by Gasteiger charge is 2.34. The van der Waals surface area contributed by atoms with Crippen LogP contribution in [-0.4, -0.2) is 20.3 Å². The summed E-state index contributed by atoms with van der Waals surface area (Å²) in [6.07, 6.45) is 0. The van der Waals surface area contributed by atoms with E-state index in [9.17, 15) is 4.57 Å². The van der Waals surface area contributed by atoms with Gasteiger partial charge in [-0.1, -0.05) is 34.7 Å². The molecule has 0 spiro atoms. The third-order valence-corrected chi connectivity index (χ3v) is 7.14. The molecule has 0 aliphatic rings. The normalized spacial score (nSPS) is 13.3. The van der Waals surface area contributed by atoms with Crippen LogP contribution in [0.3, 0.4) is 0 Å². The minimum absolute atomic E-state index is 0.319. The zero-order valence-electron chi connectivity index (χ0n) is 10.8. The van der Waals surface area contributed by atoms with Crippen LogP contribution in [-0.2, 0) is 13.6 Å². The number of hydrogen-bond donors (Lipinski definition) is 0. The Bertz CT molecular complexity index is 397. The number of ether oxygens (including phenoxy) is 1. The van der Waals surface area contributed by atoms with Crippen molar-refractivity contribution in [2.45, 2.75) is 17.5 Å². The van der Waals surface area contributed by atoms with Crippen molar-refractivity contribution in [3.05, 3.63) is 29.8 Å². The van der Waals surface area contributed by atoms with Crippen LogP contribution in [0.15, 0.2) is 24.3 Å². The van der Waals surface area contributed by atoms with Crippen LogP contribution < -0.4 is 4.74 Å². The maximum atomic E-state index is 12.6. The van der Waals surface area contributed by atoms with Crippen molar-refractivity contribution < 1.29 is 18.3 Å². The van der Waals surface area contributed by atoms with Gasteiger partial charge in [-0.15, -0.1) is 0 Å². The van der Waals surface area contributed by atoms with E-state index in [1.807, 2.05) is 38.1 Å². The molecule has 6 heteroatoms. The summed E-state index contributed by atoms with van der Waals surface area (Å²) in [5.41, 5.74) is 0.904. The van der Waals surface area contributed by atoms with Crippen LogP contribution in [0.2, 0.25) is 0 Å². The number of alkyl halides is 1. The van der Waals surface area contributed by atoms with Crippen LogP contribution >= 0.6 is 30.2 Å². The molecule has 102 valence electrons. The largest absolute Gasteiger partial charge is 0.497 e. The Balaban J connectivity index is 2.94. The second kappa shape index (κ2) is 7.48. The lowest BCUT2D eigenvalue weighted by atomic mass is 10.2. The molecule has 0 bridgehead atoms. The number of benzene rings is 1. The van der Waals surface area contributed by atoms with Crippen LogP contribution in [0.4, 0.5) is 0 Å². The summed E-state index contributed by atoms with van der Waals surface area (Å²) in [4.78, 5) is 0. The first-order valence-electron chi connectivity index (χ1n) is 5.74. The van der Waals surface area contributed by atoms with E-state index >= 15 is 0 Å². The van der Waals surface area contributed by atoms with Gasteiger partial charge < -0.3 is 13.8 Å². The quantitative estimate of drug-likeness (QED) is 0.397. The van der Waals surface area contributed by atoms with Crippen molar-refractivity contribution in [1.82, 2.24) is 0 Å². The second-order valence-corrected chi connectivity index (χ2v) is 7.83. The van der Waals surface area contributed by atoms with E-state index in [0.29, 0.717) is 13.2 Å². The van der Waals surface area contributed by atoms with E-state index in [-0.39, 0.29) is 3.67 Å². The lowest BCUT2D eigenvalue weighted by Gasteiger charge is -2.22. The smallest absolute Gasteiger partial charge is 0.347 e. The molecule has 1 rings (SSSR count). The van der Waals surface area contributed by atoms with Crippen molar-refractivity contribution >= 4 is 30.2 Å². The summed E-state index contributed by atoms with van der Waals surface area (Å²) in [5.74, 6) is 0.769. The molecule has 0 saturated heterocycles. The maximum Gasteiger partial charge on any atom is 0.347 e. The molecule has 4 nitrogen and oxygen atoms in total.